The number of aromatic nitrogens is 2. The van der Waals surface area contributed by atoms with E-state index < -0.39 is 0 Å². The highest BCUT2D eigenvalue weighted by atomic mass is 35.5. The average molecular weight is 243 g/mol. The Morgan fingerprint density at radius 3 is 2.94 bits per heavy atom. The van der Waals surface area contributed by atoms with Gasteiger partial charge in [-0.25, -0.2) is 0 Å². The predicted molar refractivity (Wildman–Crippen MR) is 64.7 cm³/mol. The molecule has 0 bridgehead atoms. The minimum atomic E-state index is 0.0229. The molecule has 0 spiro atoms. The second kappa shape index (κ2) is 4.38. The summed E-state index contributed by atoms with van der Waals surface area (Å²) in [5, 5.41) is 4.32. The lowest BCUT2D eigenvalue weighted by Gasteiger charge is -2.19. The van der Waals surface area contributed by atoms with E-state index in [1.165, 1.54) is 0 Å². The van der Waals surface area contributed by atoms with Crippen molar-refractivity contribution in [3.05, 3.63) is 18.0 Å². The van der Waals surface area contributed by atoms with Crippen LogP contribution < -0.4 is 0 Å². The molecule has 0 saturated carbocycles. The first-order valence-electron chi connectivity index (χ1n) is 5.80. The van der Waals surface area contributed by atoms with E-state index in [9.17, 15) is 0 Å². The maximum Gasteiger partial charge on any atom is 0.0779 e. The van der Waals surface area contributed by atoms with Gasteiger partial charge in [-0.3, -0.25) is 4.68 Å². The highest BCUT2D eigenvalue weighted by Gasteiger charge is 2.31. The smallest absolute Gasteiger partial charge is 0.0779 e. The van der Waals surface area contributed by atoms with Crippen molar-refractivity contribution in [3.8, 4) is 0 Å². The number of ether oxygens (including phenoxy) is 1. The maximum absolute atomic E-state index is 5.99. The van der Waals surface area contributed by atoms with E-state index in [1.54, 1.807) is 0 Å². The molecule has 4 heteroatoms. The van der Waals surface area contributed by atoms with Gasteiger partial charge in [0.1, 0.15) is 0 Å². The molecule has 2 heterocycles. The molecule has 1 aromatic rings. The minimum absolute atomic E-state index is 0.0229. The Labute approximate surface area is 102 Å². The molecule has 0 amide bonds. The zero-order chi connectivity index (χ0) is 11.8. The SMILES string of the molecule is CC(Cl)c1cnn(CC2CCC(C)(C)O2)c1. The van der Waals surface area contributed by atoms with Gasteiger partial charge < -0.3 is 4.74 Å². The molecular formula is C12H19ClN2O. The van der Waals surface area contributed by atoms with Gasteiger partial charge in [-0.1, -0.05) is 0 Å². The van der Waals surface area contributed by atoms with E-state index in [1.807, 2.05) is 24.0 Å². The number of rotatable bonds is 3. The van der Waals surface area contributed by atoms with Crippen LogP contribution in [-0.4, -0.2) is 21.5 Å². The molecule has 2 rings (SSSR count). The fourth-order valence-electron chi connectivity index (χ4n) is 2.10. The van der Waals surface area contributed by atoms with E-state index in [2.05, 4.69) is 18.9 Å². The van der Waals surface area contributed by atoms with E-state index in [4.69, 9.17) is 16.3 Å². The molecule has 0 N–H and O–H groups in total. The Morgan fingerprint density at radius 2 is 2.44 bits per heavy atom. The topological polar surface area (TPSA) is 27.1 Å². The number of nitrogens with zero attached hydrogens (tertiary/aromatic N) is 2. The fourth-order valence-corrected chi connectivity index (χ4v) is 2.21. The summed E-state index contributed by atoms with van der Waals surface area (Å²) in [5.41, 5.74) is 1.10. The molecule has 16 heavy (non-hydrogen) atoms. The van der Waals surface area contributed by atoms with Crippen LogP contribution in [0.25, 0.3) is 0 Å². The first-order valence-corrected chi connectivity index (χ1v) is 6.24. The van der Waals surface area contributed by atoms with Crippen LogP contribution in [0.5, 0.6) is 0 Å². The van der Waals surface area contributed by atoms with Crippen LogP contribution in [0.3, 0.4) is 0 Å². The third-order valence-electron chi connectivity index (χ3n) is 3.06. The number of halogens is 1. The van der Waals surface area contributed by atoms with Gasteiger partial charge in [0, 0.05) is 11.8 Å². The largest absolute Gasteiger partial charge is 0.370 e. The lowest BCUT2D eigenvalue weighted by atomic mass is 10.1. The van der Waals surface area contributed by atoms with E-state index >= 15 is 0 Å². The number of hydrogen-bond donors (Lipinski definition) is 0. The quantitative estimate of drug-likeness (QED) is 0.762. The van der Waals surface area contributed by atoms with Crippen molar-refractivity contribution in [2.45, 2.75) is 57.2 Å². The molecule has 1 fully saturated rings. The molecule has 2 atom stereocenters. The van der Waals surface area contributed by atoms with Crippen LogP contribution in [0.15, 0.2) is 12.4 Å². The van der Waals surface area contributed by atoms with Crippen molar-refractivity contribution in [2.24, 2.45) is 0 Å². The van der Waals surface area contributed by atoms with E-state index in [-0.39, 0.29) is 17.1 Å². The molecule has 2 unspecified atom stereocenters. The van der Waals surface area contributed by atoms with Crippen molar-refractivity contribution in [1.82, 2.24) is 9.78 Å². The van der Waals surface area contributed by atoms with Crippen LogP contribution >= 0.6 is 11.6 Å². The summed E-state index contributed by atoms with van der Waals surface area (Å²) < 4.78 is 7.86. The molecule has 1 aromatic heterocycles. The molecule has 0 radical (unpaired) electrons. The normalized spacial score (nSPS) is 25.9. The molecule has 90 valence electrons. The van der Waals surface area contributed by atoms with Gasteiger partial charge >= 0.3 is 0 Å². The lowest BCUT2D eigenvalue weighted by Crippen LogP contribution is -2.23. The summed E-state index contributed by atoms with van der Waals surface area (Å²) in [6.45, 7) is 7.07. The third kappa shape index (κ3) is 2.77. The predicted octanol–water partition coefficient (Wildman–Crippen LogP) is 3.14. The van der Waals surface area contributed by atoms with Gasteiger partial charge in [-0.15, -0.1) is 11.6 Å². The Bertz CT molecular complexity index is 360. The average Bonchev–Trinajstić information content (AvgIpc) is 2.73. The molecule has 1 saturated heterocycles. The first kappa shape index (κ1) is 11.9. The standard InChI is InChI=1S/C12H19ClN2O/c1-9(13)10-6-14-15(7-10)8-11-4-5-12(2,3)16-11/h6-7,9,11H,4-5,8H2,1-3H3. The summed E-state index contributed by atoms with van der Waals surface area (Å²) in [5.74, 6) is 0. The Morgan fingerprint density at radius 1 is 1.69 bits per heavy atom. The van der Waals surface area contributed by atoms with Gasteiger partial charge in [-0.05, 0) is 33.6 Å². The summed E-state index contributed by atoms with van der Waals surface area (Å²) >= 11 is 5.99. The molecule has 1 aliphatic rings. The molecule has 3 nitrogen and oxygen atoms in total. The monoisotopic (exact) mass is 242 g/mol. The Hall–Kier alpha value is -0.540. The summed E-state index contributed by atoms with van der Waals surface area (Å²) in [6.07, 6.45) is 6.36. The van der Waals surface area contributed by atoms with Crippen molar-refractivity contribution >= 4 is 11.6 Å². The van der Waals surface area contributed by atoms with Crippen LogP contribution in [-0.2, 0) is 11.3 Å². The van der Waals surface area contributed by atoms with Crippen molar-refractivity contribution in [3.63, 3.8) is 0 Å². The van der Waals surface area contributed by atoms with E-state index in [0.717, 1.165) is 24.9 Å². The fraction of sp³-hybridized carbons (Fsp3) is 0.750. The van der Waals surface area contributed by atoms with Gasteiger partial charge in [0.05, 0.1) is 29.8 Å². The molecule has 0 aromatic carbocycles. The van der Waals surface area contributed by atoms with Crippen molar-refractivity contribution < 1.29 is 4.74 Å². The Kier molecular flexibility index (Phi) is 3.27. The van der Waals surface area contributed by atoms with Crippen LogP contribution in [0.1, 0.15) is 44.6 Å². The van der Waals surface area contributed by atoms with Gasteiger partial charge in [0.2, 0.25) is 0 Å². The van der Waals surface area contributed by atoms with Crippen molar-refractivity contribution in [2.75, 3.05) is 0 Å². The lowest BCUT2D eigenvalue weighted by molar-refractivity contribution is -0.0229. The molecule has 1 aliphatic heterocycles. The van der Waals surface area contributed by atoms with Gasteiger partial charge in [-0.2, -0.15) is 5.10 Å². The number of hydrogen-bond acceptors (Lipinski definition) is 2. The van der Waals surface area contributed by atoms with Crippen LogP contribution in [0, 0.1) is 0 Å². The van der Waals surface area contributed by atoms with E-state index in [0.29, 0.717) is 0 Å². The second-order valence-electron chi connectivity index (χ2n) is 5.15. The zero-order valence-corrected chi connectivity index (χ0v) is 10.9. The summed E-state index contributed by atoms with van der Waals surface area (Å²) in [4.78, 5) is 0. The second-order valence-corrected chi connectivity index (χ2v) is 5.80. The minimum Gasteiger partial charge on any atom is -0.370 e. The third-order valence-corrected chi connectivity index (χ3v) is 3.31. The van der Waals surface area contributed by atoms with Crippen LogP contribution in [0.2, 0.25) is 0 Å². The number of alkyl halides is 1. The maximum atomic E-state index is 5.99. The Balaban J connectivity index is 1.94. The highest BCUT2D eigenvalue weighted by Crippen LogP contribution is 2.30. The summed E-state index contributed by atoms with van der Waals surface area (Å²) in [7, 11) is 0. The van der Waals surface area contributed by atoms with Gasteiger partial charge in [0.25, 0.3) is 0 Å². The molecular weight excluding hydrogens is 224 g/mol. The highest BCUT2D eigenvalue weighted by molar-refractivity contribution is 6.20. The zero-order valence-electron chi connectivity index (χ0n) is 10.1. The first-order chi connectivity index (χ1) is 7.46. The summed E-state index contributed by atoms with van der Waals surface area (Å²) in [6, 6.07) is 0. The van der Waals surface area contributed by atoms with Crippen LogP contribution in [0.4, 0.5) is 0 Å². The molecule has 0 aliphatic carbocycles. The van der Waals surface area contributed by atoms with Crippen molar-refractivity contribution in [1.29, 1.82) is 0 Å². The van der Waals surface area contributed by atoms with Gasteiger partial charge in [0.15, 0.2) is 0 Å².